The molecule has 0 fully saturated rings. The van der Waals surface area contributed by atoms with Crippen LogP contribution < -0.4 is 0 Å². The van der Waals surface area contributed by atoms with E-state index in [2.05, 4.69) is 4.98 Å². The first-order valence-electron chi connectivity index (χ1n) is 4.36. The van der Waals surface area contributed by atoms with Gasteiger partial charge in [-0.2, -0.15) is 0 Å². The maximum absolute atomic E-state index is 8.62. The molecular formula is C10H17NO. The highest BCUT2D eigenvalue weighted by Gasteiger charge is 1.94. The number of hydrogen-bond donors (Lipinski definition) is 1. The second-order valence-electron chi connectivity index (χ2n) is 2.22. The molecule has 0 aliphatic rings. The third-order valence-corrected chi connectivity index (χ3v) is 1.50. The molecule has 1 N–H and O–H groups in total. The Kier molecular flexibility index (Phi) is 6.29. The van der Waals surface area contributed by atoms with Crippen molar-refractivity contribution in [3.63, 3.8) is 0 Å². The number of aliphatic hydroxyl groups excluding tert-OH is 1. The van der Waals surface area contributed by atoms with Crippen molar-refractivity contribution in [1.29, 1.82) is 0 Å². The van der Waals surface area contributed by atoms with Crippen LogP contribution in [-0.4, -0.2) is 16.7 Å². The average molecular weight is 167 g/mol. The van der Waals surface area contributed by atoms with Crippen molar-refractivity contribution in [2.45, 2.75) is 27.2 Å². The molecule has 0 atom stereocenters. The Labute approximate surface area is 74.3 Å². The van der Waals surface area contributed by atoms with Gasteiger partial charge < -0.3 is 5.11 Å². The third kappa shape index (κ3) is 3.49. The molecule has 0 bridgehead atoms. The molecule has 0 radical (unpaired) electrons. The minimum absolute atomic E-state index is 0.201. The van der Waals surface area contributed by atoms with E-state index < -0.39 is 0 Å². The molecule has 0 aromatic carbocycles. The molecular weight excluding hydrogens is 150 g/mol. The molecule has 0 saturated carbocycles. The summed E-state index contributed by atoms with van der Waals surface area (Å²) in [6, 6.07) is 3.87. The van der Waals surface area contributed by atoms with Crippen LogP contribution in [-0.2, 0) is 6.42 Å². The first kappa shape index (κ1) is 11.1. The molecule has 2 heteroatoms. The summed E-state index contributed by atoms with van der Waals surface area (Å²) < 4.78 is 0. The van der Waals surface area contributed by atoms with Crippen molar-refractivity contribution in [3.05, 3.63) is 29.6 Å². The van der Waals surface area contributed by atoms with Gasteiger partial charge in [0.05, 0.1) is 0 Å². The fraction of sp³-hybridized carbons (Fsp3) is 0.500. The van der Waals surface area contributed by atoms with Crippen molar-refractivity contribution in [2.24, 2.45) is 0 Å². The molecule has 0 amide bonds. The van der Waals surface area contributed by atoms with Crippen LogP contribution in [0, 0.1) is 6.92 Å². The zero-order valence-corrected chi connectivity index (χ0v) is 8.04. The van der Waals surface area contributed by atoms with Gasteiger partial charge >= 0.3 is 0 Å². The number of aliphatic hydroxyl groups is 1. The zero-order valence-electron chi connectivity index (χ0n) is 8.04. The Balaban J connectivity index is 0.000000561. The van der Waals surface area contributed by atoms with Crippen LogP contribution in [0.3, 0.4) is 0 Å². The Hall–Kier alpha value is -0.890. The van der Waals surface area contributed by atoms with E-state index in [1.54, 1.807) is 6.20 Å². The van der Waals surface area contributed by atoms with Gasteiger partial charge in [0.25, 0.3) is 0 Å². The van der Waals surface area contributed by atoms with E-state index in [0.717, 1.165) is 11.3 Å². The van der Waals surface area contributed by atoms with E-state index in [1.165, 1.54) is 0 Å². The molecule has 0 saturated heterocycles. The van der Waals surface area contributed by atoms with Gasteiger partial charge in [-0.25, -0.2) is 0 Å². The predicted octanol–water partition coefficient (Wildman–Crippen LogP) is 1.95. The van der Waals surface area contributed by atoms with Gasteiger partial charge in [0.15, 0.2) is 0 Å². The summed E-state index contributed by atoms with van der Waals surface area (Å²) >= 11 is 0. The molecule has 1 aromatic rings. The number of aryl methyl sites for hydroxylation is 1. The topological polar surface area (TPSA) is 33.1 Å². The van der Waals surface area contributed by atoms with E-state index in [0.29, 0.717) is 6.42 Å². The lowest BCUT2D eigenvalue weighted by Gasteiger charge is -1.99. The SMILES string of the molecule is CC.Cc1ncccc1CCO. The van der Waals surface area contributed by atoms with Crippen LogP contribution in [0.1, 0.15) is 25.1 Å². The van der Waals surface area contributed by atoms with Crippen molar-refractivity contribution >= 4 is 0 Å². The predicted molar refractivity (Wildman–Crippen MR) is 51.1 cm³/mol. The standard InChI is InChI=1S/C8H11NO.C2H6/c1-7-8(4-6-10)3-2-5-9-7;1-2/h2-3,5,10H,4,6H2,1H3;1-2H3. The van der Waals surface area contributed by atoms with Crippen LogP contribution in [0.4, 0.5) is 0 Å². The third-order valence-electron chi connectivity index (χ3n) is 1.50. The smallest absolute Gasteiger partial charge is 0.0472 e. The second kappa shape index (κ2) is 6.80. The van der Waals surface area contributed by atoms with Gasteiger partial charge in [-0.3, -0.25) is 4.98 Å². The van der Waals surface area contributed by atoms with E-state index in [9.17, 15) is 0 Å². The Morgan fingerprint density at radius 3 is 2.58 bits per heavy atom. The Bertz CT molecular complexity index is 211. The summed E-state index contributed by atoms with van der Waals surface area (Å²) in [4.78, 5) is 4.09. The number of nitrogens with zero attached hydrogens (tertiary/aromatic N) is 1. The Morgan fingerprint density at radius 2 is 2.08 bits per heavy atom. The van der Waals surface area contributed by atoms with Crippen LogP contribution in [0.25, 0.3) is 0 Å². The number of aromatic nitrogens is 1. The summed E-state index contributed by atoms with van der Waals surface area (Å²) in [5.41, 5.74) is 2.14. The molecule has 0 aliphatic carbocycles. The van der Waals surface area contributed by atoms with Crippen LogP contribution in [0.5, 0.6) is 0 Å². The van der Waals surface area contributed by atoms with Crippen molar-refractivity contribution in [2.75, 3.05) is 6.61 Å². The molecule has 2 nitrogen and oxygen atoms in total. The number of rotatable bonds is 2. The lowest BCUT2D eigenvalue weighted by atomic mass is 10.1. The van der Waals surface area contributed by atoms with Crippen LogP contribution >= 0.6 is 0 Å². The first-order chi connectivity index (χ1) is 5.84. The maximum atomic E-state index is 8.62. The lowest BCUT2D eigenvalue weighted by molar-refractivity contribution is 0.299. The minimum atomic E-state index is 0.201. The average Bonchev–Trinajstić information content (AvgIpc) is 2.13. The fourth-order valence-electron chi connectivity index (χ4n) is 0.902. The molecule has 0 unspecified atom stereocenters. The molecule has 1 aromatic heterocycles. The minimum Gasteiger partial charge on any atom is -0.396 e. The van der Waals surface area contributed by atoms with Gasteiger partial charge in [0.1, 0.15) is 0 Å². The van der Waals surface area contributed by atoms with Gasteiger partial charge in [-0.05, 0) is 25.0 Å². The van der Waals surface area contributed by atoms with Crippen molar-refractivity contribution in [3.8, 4) is 0 Å². The first-order valence-corrected chi connectivity index (χ1v) is 4.36. The highest BCUT2D eigenvalue weighted by atomic mass is 16.2. The molecule has 1 rings (SSSR count). The number of pyridine rings is 1. The van der Waals surface area contributed by atoms with Crippen LogP contribution in [0.2, 0.25) is 0 Å². The summed E-state index contributed by atoms with van der Waals surface area (Å²) in [5.74, 6) is 0. The van der Waals surface area contributed by atoms with Gasteiger partial charge in [0, 0.05) is 18.5 Å². The van der Waals surface area contributed by atoms with Crippen molar-refractivity contribution < 1.29 is 5.11 Å². The van der Waals surface area contributed by atoms with E-state index >= 15 is 0 Å². The van der Waals surface area contributed by atoms with Gasteiger partial charge in [-0.1, -0.05) is 19.9 Å². The van der Waals surface area contributed by atoms with Crippen LogP contribution in [0.15, 0.2) is 18.3 Å². The van der Waals surface area contributed by atoms with E-state index in [4.69, 9.17) is 5.11 Å². The van der Waals surface area contributed by atoms with Crippen molar-refractivity contribution in [1.82, 2.24) is 4.98 Å². The number of hydrogen-bond acceptors (Lipinski definition) is 2. The molecule has 68 valence electrons. The molecule has 0 aliphatic heterocycles. The van der Waals surface area contributed by atoms with E-state index in [1.807, 2.05) is 32.9 Å². The molecule has 12 heavy (non-hydrogen) atoms. The monoisotopic (exact) mass is 167 g/mol. The normalized spacial score (nSPS) is 8.67. The summed E-state index contributed by atoms with van der Waals surface area (Å²) in [6.45, 7) is 6.15. The second-order valence-corrected chi connectivity index (χ2v) is 2.22. The summed E-state index contributed by atoms with van der Waals surface area (Å²) in [7, 11) is 0. The summed E-state index contributed by atoms with van der Waals surface area (Å²) in [6.07, 6.45) is 2.47. The van der Waals surface area contributed by atoms with Gasteiger partial charge in [-0.15, -0.1) is 0 Å². The van der Waals surface area contributed by atoms with Gasteiger partial charge in [0.2, 0.25) is 0 Å². The Morgan fingerprint density at radius 1 is 1.42 bits per heavy atom. The molecule has 1 heterocycles. The lowest BCUT2D eigenvalue weighted by Crippen LogP contribution is -1.94. The summed E-state index contributed by atoms with van der Waals surface area (Å²) in [5, 5.41) is 8.62. The fourth-order valence-corrected chi connectivity index (χ4v) is 0.902. The van der Waals surface area contributed by atoms with E-state index in [-0.39, 0.29) is 6.61 Å². The largest absolute Gasteiger partial charge is 0.396 e. The zero-order chi connectivity index (χ0) is 9.40. The molecule has 0 spiro atoms. The maximum Gasteiger partial charge on any atom is 0.0472 e. The highest BCUT2D eigenvalue weighted by Crippen LogP contribution is 2.02. The highest BCUT2D eigenvalue weighted by molar-refractivity contribution is 5.18. The quantitative estimate of drug-likeness (QED) is 0.730.